The number of anilines is 1. The first-order valence-electron chi connectivity index (χ1n) is 4.65. The first kappa shape index (κ1) is 12.3. The van der Waals surface area contributed by atoms with Gasteiger partial charge in [-0.15, -0.1) is 10.2 Å². The van der Waals surface area contributed by atoms with Gasteiger partial charge in [0.15, 0.2) is 5.16 Å². The fourth-order valence-electron chi connectivity index (χ4n) is 1.06. The standard InChI is InChI=1S/C8H10BrN7S/c1-4-14-15-8(16(4)2)17-6-5(9)3-11-7(12-6)13-10/h3H,10H2,1-2H3,(H,11,12,13). The molecule has 0 aliphatic carbocycles. The van der Waals surface area contributed by atoms with Crippen LogP contribution in [0.3, 0.4) is 0 Å². The average Bonchev–Trinajstić information content (AvgIpc) is 2.64. The van der Waals surface area contributed by atoms with Crippen LogP contribution in [0.2, 0.25) is 0 Å². The number of halogens is 1. The Morgan fingerprint density at radius 1 is 1.47 bits per heavy atom. The molecule has 0 radical (unpaired) electrons. The van der Waals surface area contributed by atoms with Crippen LogP contribution in [0.1, 0.15) is 5.82 Å². The third-order valence-electron chi connectivity index (χ3n) is 2.08. The molecule has 0 aliphatic heterocycles. The molecule has 0 aromatic carbocycles. The van der Waals surface area contributed by atoms with Crippen LogP contribution in [-0.4, -0.2) is 24.7 Å². The minimum atomic E-state index is 0.356. The zero-order chi connectivity index (χ0) is 12.4. The summed E-state index contributed by atoms with van der Waals surface area (Å²) >= 11 is 4.76. The maximum atomic E-state index is 5.26. The summed E-state index contributed by atoms with van der Waals surface area (Å²) in [6, 6.07) is 0. The summed E-state index contributed by atoms with van der Waals surface area (Å²) in [4.78, 5) is 8.20. The van der Waals surface area contributed by atoms with Gasteiger partial charge in [0.1, 0.15) is 10.9 Å². The fourth-order valence-corrected chi connectivity index (χ4v) is 2.30. The van der Waals surface area contributed by atoms with Gasteiger partial charge in [-0.3, -0.25) is 5.43 Å². The molecule has 0 spiro atoms. The van der Waals surface area contributed by atoms with E-state index < -0.39 is 0 Å². The van der Waals surface area contributed by atoms with Gasteiger partial charge in [-0.05, 0) is 34.6 Å². The van der Waals surface area contributed by atoms with Gasteiger partial charge in [-0.25, -0.2) is 15.8 Å². The van der Waals surface area contributed by atoms with Crippen molar-refractivity contribution in [2.75, 3.05) is 5.43 Å². The molecule has 0 atom stereocenters. The topological polar surface area (TPSA) is 94.5 Å². The minimum Gasteiger partial charge on any atom is -0.309 e. The van der Waals surface area contributed by atoms with Gasteiger partial charge in [0, 0.05) is 13.2 Å². The molecular formula is C8H10BrN7S. The van der Waals surface area contributed by atoms with Crippen LogP contribution in [0.5, 0.6) is 0 Å². The van der Waals surface area contributed by atoms with Crippen LogP contribution >= 0.6 is 27.7 Å². The number of hydrogen-bond donors (Lipinski definition) is 2. The maximum Gasteiger partial charge on any atom is 0.238 e. The van der Waals surface area contributed by atoms with Crippen LogP contribution in [0.15, 0.2) is 20.9 Å². The van der Waals surface area contributed by atoms with Gasteiger partial charge in [0.2, 0.25) is 5.95 Å². The first-order valence-corrected chi connectivity index (χ1v) is 6.25. The highest BCUT2D eigenvalue weighted by Crippen LogP contribution is 2.30. The molecule has 0 fully saturated rings. The lowest BCUT2D eigenvalue weighted by atomic mass is 10.7. The number of nitrogens with one attached hydrogen (secondary N) is 1. The molecule has 0 amide bonds. The van der Waals surface area contributed by atoms with Crippen molar-refractivity contribution in [3.8, 4) is 0 Å². The molecule has 3 N–H and O–H groups in total. The molecule has 7 nitrogen and oxygen atoms in total. The Labute approximate surface area is 110 Å². The lowest BCUT2D eigenvalue weighted by Gasteiger charge is -2.04. The van der Waals surface area contributed by atoms with E-state index in [1.165, 1.54) is 11.8 Å². The van der Waals surface area contributed by atoms with Crippen LogP contribution in [-0.2, 0) is 7.05 Å². The van der Waals surface area contributed by atoms with E-state index in [1.807, 2.05) is 18.5 Å². The molecule has 2 aromatic heterocycles. The summed E-state index contributed by atoms with van der Waals surface area (Å²) in [5, 5.41) is 9.51. The summed E-state index contributed by atoms with van der Waals surface area (Å²) in [6.45, 7) is 1.89. The molecule has 0 aliphatic rings. The highest BCUT2D eigenvalue weighted by molar-refractivity contribution is 9.10. The van der Waals surface area contributed by atoms with E-state index in [2.05, 4.69) is 41.5 Å². The quantitative estimate of drug-likeness (QED) is 0.497. The molecule has 0 saturated carbocycles. The number of aryl methyl sites for hydroxylation is 1. The second kappa shape index (κ2) is 4.98. The van der Waals surface area contributed by atoms with E-state index in [0.29, 0.717) is 5.95 Å². The van der Waals surface area contributed by atoms with E-state index in [4.69, 9.17) is 5.84 Å². The molecule has 0 unspecified atom stereocenters. The maximum absolute atomic E-state index is 5.26. The lowest BCUT2D eigenvalue weighted by Crippen LogP contribution is -2.10. The zero-order valence-electron chi connectivity index (χ0n) is 9.18. The fraction of sp³-hybridized carbons (Fsp3) is 0.250. The third kappa shape index (κ3) is 2.56. The highest BCUT2D eigenvalue weighted by Gasteiger charge is 2.11. The van der Waals surface area contributed by atoms with Crippen molar-refractivity contribution in [2.45, 2.75) is 17.1 Å². The van der Waals surface area contributed by atoms with E-state index in [-0.39, 0.29) is 0 Å². The van der Waals surface area contributed by atoms with Crippen molar-refractivity contribution in [1.29, 1.82) is 0 Å². The molecule has 90 valence electrons. The predicted molar refractivity (Wildman–Crippen MR) is 67.4 cm³/mol. The van der Waals surface area contributed by atoms with Gasteiger partial charge < -0.3 is 4.57 Å². The number of hydrazine groups is 1. The average molecular weight is 316 g/mol. The van der Waals surface area contributed by atoms with E-state index in [1.54, 1.807) is 6.20 Å². The van der Waals surface area contributed by atoms with Crippen molar-refractivity contribution >= 4 is 33.6 Å². The molecule has 17 heavy (non-hydrogen) atoms. The molecular weight excluding hydrogens is 306 g/mol. The number of nitrogen functional groups attached to an aromatic ring is 1. The normalized spacial score (nSPS) is 10.6. The molecule has 0 bridgehead atoms. The first-order chi connectivity index (χ1) is 8.11. The Bertz CT molecular complexity index is 541. The molecule has 2 rings (SSSR count). The van der Waals surface area contributed by atoms with Crippen molar-refractivity contribution in [2.24, 2.45) is 12.9 Å². The Morgan fingerprint density at radius 3 is 2.82 bits per heavy atom. The molecule has 9 heteroatoms. The summed E-state index contributed by atoms with van der Waals surface area (Å²) in [5.41, 5.74) is 2.40. The minimum absolute atomic E-state index is 0.356. The second-order valence-corrected chi connectivity index (χ2v) is 4.99. The van der Waals surface area contributed by atoms with Gasteiger partial charge in [0.05, 0.1) is 4.47 Å². The summed E-state index contributed by atoms with van der Waals surface area (Å²) in [6.07, 6.45) is 1.63. The number of nitrogens with zero attached hydrogens (tertiary/aromatic N) is 5. The van der Waals surface area contributed by atoms with Crippen LogP contribution < -0.4 is 11.3 Å². The number of nitrogens with two attached hydrogens (primary N) is 1. The SMILES string of the molecule is Cc1nnc(Sc2nc(NN)ncc2Br)n1C. The summed E-state index contributed by atoms with van der Waals surface area (Å²) in [5.74, 6) is 6.46. The monoisotopic (exact) mass is 315 g/mol. The summed E-state index contributed by atoms with van der Waals surface area (Å²) < 4.78 is 2.66. The number of aromatic nitrogens is 5. The van der Waals surface area contributed by atoms with Gasteiger partial charge >= 0.3 is 0 Å². The van der Waals surface area contributed by atoms with Crippen molar-refractivity contribution in [3.05, 3.63) is 16.5 Å². The Hall–Kier alpha value is -1.19. The third-order valence-corrected chi connectivity index (χ3v) is 3.97. The second-order valence-electron chi connectivity index (χ2n) is 3.18. The van der Waals surface area contributed by atoms with E-state index >= 15 is 0 Å². The molecule has 2 heterocycles. The smallest absolute Gasteiger partial charge is 0.238 e. The largest absolute Gasteiger partial charge is 0.309 e. The predicted octanol–water partition coefficient (Wildman–Crippen LogP) is 1.11. The van der Waals surface area contributed by atoms with E-state index in [9.17, 15) is 0 Å². The number of rotatable bonds is 3. The molecule has 2 aromatic rings. The molecule has 0 saturated heterocycles. The van der Waals surface area contributed by atoms with Crippen LogP contribution in [0.25, 0.3) is 0 Å². The van der Waals surface area contributed by atoms with Gasteiger partial charge in [-0.1, -0.05) is 0 Å². The van der Waals surface area contributed by atoms with Crippen molar-refractivity contribution < 1.29 is 0 Å². The van der Waals surface area contributed by atoms with Crippen molar-refractivity contribution in [3.63, 3.8) is 0 Å². The highest BCUT2D eigenvalue weighted by atomic mass is 79.9. The van der Waals surface area contributed by atoms with Gasteiger partial charge in [-0.2, -0.15) is 0 Å². The van der Waals surface area contributed by atoms with Crippen LogP contribution in [0.4, 0.5) is 5.95 Å². The summed E-state index contributed by atoms with van der Waals surface area (Å²) in [7, 11) is 1.90. The Kier molecular flexibility index (Phi) is 3.60. The number of hydrogen-bond acceptors (Lipinski definition) is 7. The lowest BCUT2D eigenvalue weighted by molar-refractivity contribution is 0.764. The van der Waals surface area contributed by atoms with E-state index in [0.717, 1.165) is 20.5 Å². The van der Waals surface area contributed by atoms with Crippen molar-refractivity contribution in [1.82, 2.24) is 24.7 Å². The van der Waals surface area contributed by atoms with Crippen LogP contribution in [0, 0.1) is 6.92 Å². The Morgan fingerprint density at radius 2 is 2.24 bits per heavy atom. The zero-order valence-corrected chi connectivity index (χ0v) is 11.6. The van der Waals surface area contributed by atoms with Gasteiger partial charge in [0.25, 0.3) is 0 Å². The Balaban J connectivity index is 2.32.